The van der Waals surface area contributed by atoms with Crippen molar-refractivity contribution in [3.8, 4) is 28.3 Å². The standard InChI is InChI=1S/C27H19N3O2S/c1-19-7-13-24(14-8-19)33(31,32)30-18-26(22-11-9-20(16-28)10-12-22)25-15-23(17-29-27(25)30)21-5-3-2-4-6-21/h2-15,17-18H,1H3. The molecule has 6 heteroatoms. The summed E-state index contributed by atoms with van der Waals surface area (Å²) in [5.74, 6) is 0. The molecule has 5 nitrogen and oxygen atoms in total. The lowest BCUT2D eigenvalue weighted by atomic mass is 10.0. The lowest BCUT2D eigenvalue weighted by Gasteiger charge is -2.08. The van der Waals surface area contributed by atoms with Crippen molar-refractivity contribution in [3.05, 3.63) is 108 Å². The van der Waals surface area contributed by atoms with Crippen molar-refractivity contribution >= 4 is 21.1 Å². The Hall–Kier alpha value is -4.21. The third-order valence-electron chi connectivity index (χ3n) is 5.62. The fraction of sp³-hybridized carbons (Fsp3) is 0.0370. The lowest BCUT2D eigenvalue weighted by Crippen LogP contribution is -2.12. The van der Waals surface area contributed by atoms with E-state index < -0.39 is 10.0 Å². The summed E-state index contributed by atoms with van der Waals surface area (Å²) in [7, 11) is -3.86. The molecule has 0 aliphatic carbocycles. The molecule has 0 unspecified atom stereocenters. The molecular weight excluding hydrogens is 430 g/mol. The van der Waals surface area contributed by atoms with E-state index >= 15 is 0 Å². The summed E-state index contributed by atoms with van der Waals surface area (Å²) in [6, 6.07) is 27.8. The van der Waals surface area contributed by atoms with Crippen LogP contribution < -0.4 is 0 Å². The molecule has 0 spiro atoms. The van der Waals surface area contributed by atoms with Crippen LogP contribution in [0.5, 0.6) is 0 Å². The highest BCUT2D eigenvalue weighted by atomic mass is 32.2. The molecule has 5 aromatic rings. The predicted molar refractivity (Wildman–Crippen MR) is 129 cm³/mol. The first-order valence-electron chi connectivity index (χ1n) is 10.4. The van der Waals surface area contributed by atoms with Gasteiger partial charge in [-0.25, -0.2) is 17.4 Å². The van der Waals surface area contributed by atoms with E-state index in [2.05, 4.69) is 11.1 Å². The number of aromatic nitrogens is 2. The largest absolute Gasteiger partial charge is 0.269 e. The Morgan fingerprint density at radius 3 is 2.21 bits per heavy atom. The van der Waals surface area contributed by atoms with Crippen LogP contribution in [0.2, 0.25) is 0 Å². The zero-order chi connectivity index (χ0) is 23.0. The Morgan fingerprint density at radius 1 is 0.848 bits per heavy atom. The van der Waals surface area contributed by atoms with Gasteiger partial charge in [0.05, 0.1) is 16.5 Å². The topological polar surface area (TPSA) is 75.8 Å². The first kappa shape index (κ1) is 20.7. The smallest absolute Gasteiger partial charge is 0.237 e. The van der Waals surface area contributed by atoms with Crippen LogP contribution >= 0.6 is 0 Å². The van der Waals surface area contributed by atoms with Crippen LogP contribution in [0.25, 0.3) is 33.3 Å². The maximum absolute atomic E-state index is 13.5. The van der Waals surface area contributed by atoms with E-state index in [4.69, 9.17) is 5.26 Å². The number of benzene rings is 3. The Bertz CT molecular complexity index is 1610. The van der Waals surface area contributed by atoms with E-state index in [-0.39, 0.29) is 4.90 Å². The van der Waals surface area contributed by atoms with Gasteiger partial charge in [0.1, 0.15) is 0 Å². The van der Waals surface area contributed by atoms with Crippen LogP contribution in [-0.4, -0.2) is 17.4 Å². The highest BCUT2D eigenvalue weighted by molar-refractivity contribution is 7.90. The minimum Gasteiger partial charge on any atom is -0.237 e. The van der Waals surface area contributed by atoms with E-state index in [1.54, 1.807) is 48.8 Å². The van der Waals surface area contributed by atoms with E-state index in [0.29, 0.717) is 11.2 Å². The molecule has 160 valence electrons. The fourth-order valence-corrected chi connectivity index (χ4v) is 5.15. The number of pyridine rings is 1. The molecule has 2 heterocycles. The number of fused-ring (bicyclic) bond motifs is 1. The van der Waals surface area contributed by atoms with Crippen molar-refractivity contribution in [2.24, 2.45) is 0 Å². The normalized spacial score (nSPS) is 11.4. The Balaban J connectivity index is 1.77. The van der Waals surface area contributed by atoms with Crippen LogP contribution in [0.1, 0.15) is 11.1 Å². The molecule has 0 saturated carbocycles. The average molecular weight is 450 g/mol. The quantitative estimate of drug-likeness (QED) is 0.348. The number of hydrogen-bond acceptors (Lipinski definition) is 4. The lowest BCUT2D eigenvalue weighted by molar-refractivity contribution is 0.589. The van der Waals surface area contributed by atoms with Crippen molar-refractivity contribution in [2.75, 3.05) is 0 Å². The summed E-state index contributed by atoms with van der Waals surface area (Å²) in [5, 5.41) is 9.87. The minimum atomic E-state index is -3.86. The van der Waals surface area contributed by atoms with Gasteiger partial charge in [0.15, 0.2) is 5.65 Å². The predicted octanol–water partition coefficient (Wildman–Crippen LogP) is 5.79. The minimum absolute atomic E-state index is 0.199. The second-order valence-corrected chi connectivity index (χ2v) is 9.62. The summed E-state index contributed by atoms with van der Waals surface area (Å²) in [6.07, 6.45) is 3.31. The molecule has 0 fully saturated rings. The Labute approximate surface area is 192 Å². The molecule has 0 bridgehead atoms. The van der Waals surface area contributed by atoms with Crippen LogP contribution in [0.3, 0.4) is 0 Å². The van der Waals surface area contributed by atoms with Crippen molar-refractivity contribution < 1.29 is 8.42 Å². The van der Waals surface area contributed by atoms with Gasteiger partial charge in [-0.1, -0.05) is 60.2 Å². The Kier molecular flexibility index (Phi) is 5.04. The van der Waals surface area contributed by atoms with Gasteiger partial charge in [0.2, 0.25) is 0 Å². The van der Waals surface area contributed by atoms with Gasteiger partial charge < -0.3 is 0 Å². The van der Waals surface area contributed by atoms with Gasteiger partial charge in [-0.05, 0) is 48.4 Å². The Morgan fingerprint density at radius 2 is 1.55 bits per heavy atom. The van der Waals surface area contributed by atoms with E-state index in [1.807, 2.05) is 55.5 Å². The third kappa shape index (κ3) is 3.69. The van der Waals surface area contributed by atoms with Gasteiger partial charge in [-0.2, -0.15) is 5.26 Å². The van der Waals surface area contributed by atoms with Crippen LogP contribution in [0.15, 0.2) is 102 Å². The molecule has 0 saturated heterocycles. The van der Waals surface area contributed by atoms with Gasteiger partial charge in [0, 0.05) is 28.9 Å². The summed E-state index contributed by atoms with van der Waals surface area (Å²) in [5.41, 5.74) is 5.30. The average Bonchev–Trinajstić information content (AvgIpc) is 3.25. The van der Waals surface area contributed by atoms with Gasteiger partial charge >= 0.3 is 0 Å². The van der Waals surface area contributed by atoms with Crippen molar-refractivity contribution in [2.45, 2.75) is 11.8 Å². The number of nitriles is 1. The molecule has 3 aromatic carbocycles. The van der Waals surface area contributed by atoms with Crippen LogP contribution in [0, 0.1) is 18.3 Å². The molecule has 2 aromatic heterocycles. The number of hydrogen-bond donors (Lipinski definition) is 0. The molecule has 0 aliphatic heterocycles. The monoisotopic (exact) mass is 449 g/mol. The first-order chi connectivity index (χ1) is 16.0. The van der Waals surface area contributed by atoms with Gasteiger partial charge in [-0.15, -0.1) is 0 Å². The molecule has 0 radical (unpaired) electrons. The number of nitrogens with zero attached hydrogens (tertiary/aromatic N) is 3. The van der Waals surface area contributed by atoms with Crippen molar-refractivity contribution in [3.63, 3.8) is 0 Å². The van der Waals surface area contributed by atoms with Crippen molar-refractivity contribution in [1.29, 1.82) is 5.26 Å². The first-order valence-corrected chi connectivity index (χ1v) is 11.8. The number of aryl methyl sites for hydroxylation is 1. The van der Waals surface area contributed by atoms with Crippen LogP contribution in [0.4, 0.5) is 0 Å². The van der Waals surface area contributed by atoms with E-state index in [9.17, 15) is 8.42 Å². The summed E-state index contributed by atoms with van der Waals surface area (Å²) in [4.78, 5) is 4.78. The summed E-state index contributed by atoms with van der Waals surface area (Å²) >= 11 is 0. The molecular formula is C27H19N3O2S. The summed E-state index contributed by atoms with van der Waals surface area (Å²) < 4.78 is 28.3. The van der Waals surface area contributed by atoms with Gasteiger partial charge in [-0.3, -0.25) is 0 Å². The molecule has 0 aliphatic rings. The fourth-order valence-electron chi connectivity index (χ4n) is 3.83. The highest BCUT2D eigenvalue weighted by Gasteiger charge is 2.23. The highest BCUT2D eigenvalue weighted by Crippen LogP contribution is 2.34. The van der Waals surface area contributed by atoms with E-state index in [0.717, 1.165) is 33.2 Å². The van der Waals surface area contributed by atoms with E-state index in [1.165, 1.54) is 3.97 Å². The van der Waals surface area contributed by atoms with Gasteiger partial charge in [0.25, 0.3) is 10.0 Å². The van der Waals surface area contributed by atoms with Crippen LogP contribution in [-0.2, 0) is 10.0 Å². The second-order valence-electron chi connectivity index (χ2n) is 7.81. The van der Waals surface area contributed by atoms with Crippen molar-refractivity contribution in [1.82, 2.24) is 8.96 Å². The molecule has 0 amide bonds. The number of rotatable bonds is 4. The zero-order valence-electron chi connectivity index (χ0n) is 17.8. The maximum Gasteiger partial charge on any atom is 0.269 e. The molecule has 5 rings (SSSR count). The molecule has 33 heavy (non-hydrogen) atoms. The molecule has 0 atom stereocenters. The summed E-state index contributed by atoms with van der Waals surface area (Å²) in [6.45, 7) is 1.91. The SMILES string of the molecule is Cc1ccc(S(=O)(=O)n2cc(-c3ccc(C#N)cc3)c3cc(-c4ccccc4)cnc32)cc1. The second kappa shape index (κ2) is 8.05. The third-order valence-corrected chi connectivity index (χ3v) is 7.29. The maximum atomic E-state index is 13.5. The zero-order valence-corrected chi connectivity index (χ0v) is 18.6. The molecule has 0 N–H and O–H groups in total.